The smallest absolute Gasteiger partial charge is 0.392 e. The van der Waals surface area contributed by atoms with Gasteiger partial charge in [-0.2, -0.15) is 13.2 Å². The molecule has 0 heterocycles. The van der Waals surface area contributed by atoms with Gasteiger partial charge in [-0.15, -0.1) is 0 Å². The van der Waals surface area contributed by atoms with Gasteiger partial charge in [0, 0.05) is 13.5 Å². The van der Waals surface area contributed by atoms with Crippen LogP contribution < -0.4 is 5.32 Å². The van der Waals surface area contributed by atoms with Crippen LogP contribution in [0.15, 0.2) is 0 Å². The van der Waals surface area contributed by atoms with Crippen molar-refractivity contribution in [3.8, 4) is 0 Å². The molecule has 0 aliphatic carbocycles. The lowest BCUT2D eigenvalue weighted by Crippen LogP contribution is -2.46. The molecule has 132 valence electrons. The Morgan fingerprint density at radius 2 is 1.91 bits per heavy atom. The molecule has 0 fully saturated rings. The van der Waals surface area contributed by atoms with E-state index in [0.717, 1.165) is 0 Å². The summed E-state index contributed by atoms with van der Waals surface area (Å²) in [5.41, 5.74) is 0. The topological polar surface area (TPSA) is 106 Å². The lowest BCUT2D eigenvalue weighted by atomic mass is 10.1. The Kier molecular flexibility index (Phi) is 9.08. The molecule has 0 spiro atoms. The molecule has 0 aromatic rings. The molecule has 10 heteroatoms. The first-order chi connectivity index (χ1) is 10.6. The van der Waals surface area contributed by atoms with E-state index in [-0.39, 0.29) is 12.8 Å². The summed E-state index contributed by atoms with van der Waals surface area (Å²) in [6, 6.07) is -1.29. The quantitative estimate of drug-likeness (QED) is 0.456. The van der Waals surface area contributed by atoms with Gasteiger partial charge in [-0.1, -0.05) is 0 Å². The number of carbonyl (C=O) groups excluding carboxylic acids is 3. The van der Waals surface area contributed by atoms with Gasteiger partial charge < -0.3 is 20.2 Å². The monoisotopic (exact) mass is 340 g/mol. The largest absolute Gasteiger partial charge is 0.464 e. The second kappa shape index (κ2) is 9.93. The van der Waals surface area contributed by atoms with Gasteiger partial charge in [-0.05, 0) is 13.3 Å². The lowest BCUT2D eigenvalue weighted by Gasteiger charge is -2.19. The van der Waals surface area contributed by atoms with Crippen LogP contribution in [-0.2, 0) is 23.9 Å². The van der Waals surface area contributed by atoms with Crippen LogP contribution in [0.25, 0.3) is 0 Å². The number of methoxy groups -OCH3 is 1. The SMILES string of the molecule is COC(C)C(=O)N[C@@H](CCC(=O)C=N)C(=O)OCCC(F)(F)F. The maximum Gasteiger partial charge on any atom is 0.392 e. The summed E-state index contributed by atoms with van der Waals surface area (Å²) in [6.07, 6.45) is -6.55. The predicted octanol–water partition coefficient (Wildman–Crippen LogP) is 1.00. The highest BCUT2D eigenvalue weighted by molar-refractivity contribution is 6.26. The Balaban J connectivity index is 4.68. The number of ketones is 1. The fourth-order valence-electron chi connectivity index (χ4n) is 1.37. The number of carbonyl (C=O) groups is 3. The minimum absolute atomic E-state index is 0.193. The summed E-state index contributed by atoms with van der Waals surface area (Å²) in [5.74, 6) is -2.34. The highest BCUT2D eigenvalue weighted by atomic mass is 19.4. The van der Waals surface area contributed by atoms with Crippen molar-refractivity contribution in [1.82, 2.24) is 5.32 Å². The number of alkyl halides is 3. The Hall–Kier alpha value is -1.97. The predicted molar refractivity (Wildman–Crippen MR) is 73.1 cm³/mol. The summed E-state index contributed by atoms with van der Waals surface area (Å²) in [6.45, 7) is 0.525. The molecule has 7 nitrogen and oxygen atoms in total. The van der Waals surface area contributed by atoms with Crippen LogP contribution >= 0.6 is 0 Å². The minimum atomic E-state index is -4.47. The zero-order valence-corrected chi connectivity index (χ0v) is 12.7. The molecule has 0 aliphatic heterocycles. The average Bonchev–Trinajstić information content (AvgIpc) is 2.48. The first kappa shape index (κ1) is 21.0. The zero-order valence-electron chi connectivity index (χ0n) is 12.7. The Labute approximate surface area is 131 Å². The highest BCUT2D eigenvalue weighted by Gasteiger charge is 2.29. The van der Waals surface area contributed by atoms with Crippen molar-refractivity contribution in [2.45, 2.75) is 44.5 Å². The Morgan fingerprint density at radius 3 is 2.39 bits per heavy atom. The molecule has 2 N–H and O–H groups in total. The van der Waals surface area contributed by atoms with Gasteiger partial charge in [0.2, 0.25) is 5.91 Å². The fourth-order valence-corrected chi connectivity index (χ4v) is 1.37. The maximum absolute atomic E-state index is 12.0. The number of hydrogen-bond donors (Lipinski definition) is 2. The van der Waals surface area contributed by atoms with E-state index in [4.69, 9.17) is 10.1 Å². The van der Waals surface area contributed by atoms with Gasteiger partial charge in [0.1, 0.15) is 18.8 Å². The van der Waals surface area contributed by atoms with Crippen molar-refractivity contribution in [2.75, 3.05) is 13.7 Å². The van der Waals surface area contributed by atoms with Crippen molar-refractivity contribution >= 4 is 23.9 Å². The molecule has 0 rings (SSSR count). The number of nitrogens with one attached hydrogen (secondary N) is 2. The number of halogens is 3. The van der Waals surface area contributed by atoms with E-state index in [1.54, 1.807) is 0 Å². The normalized spacial score (nSPS) is 13.8. The van der Waals surface area contributed by atoms with Crippen molar-refractivity contribution in [3.63, 3.8) is 0 Å². The third-order valence-electron chi connectivity index (χ3n) is 2.79. The third-order valence-corrected chi connectivity index (χ3v) is 2.79. The van der Waals surface area contributed by atoms with Gasteiger partial charge in [0.15, 0.2) is 5.78 Å². The molecular formula is C13H19F3N2O5. The van der Waals surface area contributed by atoms with E-state index in [1.165, 1.54) is 14.0 Å². The number of amides is 1. The van der Waals surface area contributed by atoms with Gasteiger partial charge in [-0.3, -0.25) is 9.59 Å². The second-order valence-electron chi connectivity index (χ2n) is 4.62. The molecule has 0 bridgehead atoms. The number of hydrogen-bond acceptors (Lipinski definition) is 6. The molecular weight excluding hydrogens is 321 g/mol. The Morgan fingerprint density at radius 1 is 1.30 bits per heavy atom. The Bertz CT molecular complexity index is 440. The number of Topliss-reactive ketones (excluding diaryl/α,β-unsaturated/α-hetero) is 1. The van der Waals surface area contributed by atoms with Crippen LogP contribution in [-0.4, -0.2) is 55.9 Å². The van der Waals surface area contributed by atoms with E-state index in [1.807, 2.05) is 0 Å². The summed E-state index contributed by atoms with van der Waals surface area (Å²) in [4.78, 5) is 34.5. The van der Waals surface area contributed by atoms with E-state index < -0.39 is 49.0 Å². The highest BCUT2D eigenvalue weighted by Crippen LogP contribution is 2.19. The number of rotatable bonds is 10. The molecule has 2 atom stereocenters. The van der Waals surface area contributed by atoms with E-state index in [9.17, 15) is 27.6 Å². The standard InChI is InChI=1S/C13H19F3N2O5/c1-8(22-2)11(20)18-10(4-3-9(19)7-17)12(21)23-6-5-13(14,15)16/h7-8,10,17H,3-6H2,1-2H3,(H,18,20)/t8?,10-/m0/s1. The fraction of sp³-hybridized carbons (Fsp3) is 0.692. The molecule has 1 unspecified atom stereocenters. The van der Waals surface area contributed by atoms with E-state index in [2.05, 4.69) is 10.1 Å². The van der Waals surface area contributed by atoms with Crippen molar-refractivity contribution in [3.05, 3.63) is 0 Å². The van der Waals surface area contributed by atoms with Gasteiger partial charge in [0.05, 0.1) is 12.6 Å². The van der Waals surface area contributed by atoms with Crippen molar-refractivity contribution in [1.29, 1.82) is 5.41 Å². The molecule has 0 aromatic carbocycles. The number of ether oxygens (including phenoxy) is 2. The summed E-state index contributed by atoms with van der Waals surface area (Å²) in [7, 11) is 1.26. The summed E-state index contributed by atoms with van der Waals surface area (Å²) in [5, 5.41) is 9.00. The lowest BCUT2D eigenvalue weighted by molar-refractivity contribution is -0.161. The third kappa shape index (κ3) is 9.61. The van der Waals surface area contributed by atoms with Gasteiger partial charge in [-0.25, -0.2) is 4.79 Å². The van der Waals surface area contributed by atoms with Crippen LogP contribution in [0.2, 0.25) is 0 Å². The van der Waals surface area contributed by atoms with Crippen molar-refractivity contribution < 1.29 is 37.0 Å². The van der Waals surface area contributed by atoms with Gasteiger partial charge >= 0.3 is 12.1 Å². The molecule has 23 heavy (non-hydrogen) atoms. The maximum atomic E-state index is 12.0. The molecule has 0 saturated carbocycles. The first-order valence-corrected chi connectivity index (χ1v) is 6.70. The summed E-state index contributed by atoms with van der Waals surface area (Å²) < 4.78 is 45.3. The van der Waals surface area contributed by atoms with Crippen LogP contribution in [0.5, 0.6) is 0 Å². The number of esters is 1. The van der Waals surface area contributed by atoms with Crippen LogP contribution in [0.4, 0.5) is 13.2 Å². The molecule has 0 saturated heterocycles. The molecule has 0 radical (unpaired) electrons. The van der Waals surface area contributed by atoms with Crippen molar-refractivity contribution in [2.24, 2.45) is 0 Å². The first-order valence-electron chi connectivity index (χ1n) is 6.70. The second-order valence-corrected chi connectivity index (χ2v) is 4.62. The van der Waals surface area contributed by atoms with Crippen LogP contribution in [0.1, 0.15) is 26.2 Å². The van der Waals surface area contributed by atoms with E-state index >= 15 is 0 Å². The average molecular weight is 340 g/mol. The molecule has 1 amide bonds. The van der Waals surface area contributed by atoms with E-state index in [0.29, 0.717) is 6.21 Å². The van der Waals surface area contributed by atoms with Gasteiger partial charge in [0.25, 0.3) is 0 Å². The minimum Gasteiger partial charge on any atom is -0.464 e. The summed E-state index contributed by atoms with van der Waals surface area (Å²) >= 11 is 0. The zero-order chi connectivity index (χ0) is 18.0. The molecule has 0 aromatic heterocycles. The van der Waals surface area contributed by atoms with Crippen LogP contribution in [0.3, 0.4) is 0 Å². The molecule has 0 aliphatic rings. The van der Waals surface area contributed by atoms with Crippen LogP contribution in [0, 0.1) is 5.41 Å².